The van der Waals surface area contributed by atoms with E-state index in [0.29, 0.717) is 12.6 Å². The number of nitrogens with zero attached hydrogens (tertiary/aromatic N) is 2. The minimum Gasteiger partial charge on any atom is -0.478 e. The third-order valence-corrected chi connectivity index (χ3v) is 2.85. The lowest BCUT2D eigenvalue weighted by Crippen LogP contribution is -2.24. The van der Waals surface area contributed by atoms with Gasteiger partial charge in [0.15, 0.2) is 0 Å². The fraction of sp³-hybridized carbons (Fsp3) is 0.538. The minimum atomic E-state index is -4.59. The van der Waals surface area contributed by atoms with Crippen LogP contribution in [0.3, 0.4) is 0 Å². The molecule has 0 aliphatic carbocycles. The summed E-state index contributed by atoms with van der Waals surface area (Å²) in [6, 6.07) is 1.64. The molecule has 0 saturated carbocycles. The summed E-state index contributed by atoms with van der Waals surface area (Å²) in [6.45, 7) is 2.47. The summed E-state index contributed by atoms with van der Waals surface area (Å²) in [5.41, 5.74) is -1.31. The highest BCUT2D eigenvalue weighted by atomic mass is 19.4. The Kier molecular flexibility index (Phi) is 5.35. The Morgan fingerprint density at radius 3 is 2.50 bits per heavy atom. The highest BCUT2D eigenvalue weighted by Crippen LogP contribution is 2.30. The fourth-order valence-electron chi connectivity index (χ4n) is 1.77. The number of aromatic carboxylic acids is 1. The van der Waals surface area contributed by atoms with Crippen molar-refractivity contribution < 1.29 is 23.1 Å². The van der Waals surface area contributed by atoms with Crippen LogP contribution in [0, 0.1) is 0 Å². The van der Waals surface area contributed by atoms with Gasteiger partial charge in [-0.15, -0.1) is 0 Å². The number of hydrogen-bond acceptors (Lipinski definition) is 3. The van der Waals surface area contributed by atoms with Gasteiger partial charge in [-0.2, -0.15) is 13.2 Å². The minimum absolute atomic E-state index is 0.150. The molecule has 1 aromatic rings. The largest absolute Gasteiger partial charge is 0.478 e. The third-order valence-electron chi connectivity index (χ3n) is 2.85. The average Bonchev–Trinajstić information content (AvgIpc) is 2.37. The second kappa shape index (κ2) is 6.58. The normalized spacial score (nSPS) is 11.4. The molecule has 0 saturated heterocycles. The van der Waals surface area contributed by atoms with Crippen LogP contribution in [-0.2, 0) is 6.18 Å². The van der Waals surface area contributed by atoms with Crippen LogP contribution in [0.1, 0.15) is 42.2 Å². The van der Waals surface area contributed by atoms with Crippen LogP contribution in [0.15, 0.2) is 12.1 Å². The maximum atomic E-state index is 12.6. The van der Waals surface area contributed by atoms with E-state index in [9.17, 15) is 18.0 Å². The van der Waals surface area contributed by atoms with E-state index in [1.165, 1.54) is 4.90 Å². The Bertz CT molecular complexity index is 475. The topological polar surface area (TPSA) is 53.4 Å². The highest BCUT2D eigenvalue weighted by molar-refractivity contribution is 5.93. The first-order chi connectivity index (χ1) is 9.27. The zero-order chi connectivity index (χ0) is 15.3. The van der Waals surface area contributed by atoms with Gasteiger partial charge in [-0.1, -0.05) is 19.8 Å². The molecule has 112 valence electrons. The molecular formula is C13H17F3N2O2. The first-order valence-electron chi connectivity index (χ1n) is 6.30. The molecule has 20 heavy (non-hydrogen) atoms. The first kappa shape index (κ1) is 16.3. The Labute approximate surface area is 115 Å². The van der Waals surface area contributed by atoms with E-state index in [1.54, 1.807) is 7.05 Å². The van der Waals surface area contributed by atoms with E-state index in [1.807, 2.05) is 6.92 Å². The van der Waals surface area contributed by atoms with Crippen molar-refractivity contribution in [2.24, 2.45) is 0 Å². The number of carboxylic acids is 1. The maximum absolute atomic E-state index is 12.6. The number of hydrogen-bond donors (Lipinski definition) is 1. The predicted octanol–water partition coefficient (Wildman–Crippen LogP) is 3.43. The molecule has 0 unspecified atom stereocenters. The average molecular weight is 290 g/mol. The van der Waals surface area contributed by atoms with E-state index < -0.39 is 17.8 Å². The van der Waals surface area contributed by atoms with Crippen molar-refractivity contribution >= 4 is 11.8 Å². The van der Waals surface area contributed by atoms with Gasteiger partial charge in [0.2, 0.25) is 0 Å². The van der Waals surface area contributed by atoms with Crippen molar-refractivity contribution in [1.82, 2.24) is 4.98 Å². The van der Waals surface area contributed by atoms with Gasteiger partial charge < -0.3 is 10.0 Å². The van der Waals surface area contributed by atoms with Crippen LogP contribution in [0.2, 0.25) is 0 Å². The number of pyridine rings is 1. The number of carbonyl (C=O) groups is 1. The lowest BCUT2D eigenvalue weighted by molar-refractivity contribution is -0.141. The van der Waals surface area contributed by atoms with Crippen LogP contribution in [-0.4, -0.2) is 29.7 Å². The lowest BCUT2D eigenvalue weighted by Gasteiger charge is -2.21. The Balaban J connectivity index is 3.08. The predicted molar refractivity (Wildman–Crippen MR) is 69.0 cm³/mol. The van der Waals surface area contributed by atoms with Gasteiger partial charge >= 0.3 is 12.1 Å². The van der Waals surface area contributed by atoms with E-state index in [0.717, 1.165) is 25.3 Å². The van der Waals surface area contributed by atoms with Crippen LogP contribution < -0.4 is 4.90 Å². The second-order valence-electron chi connectivity index (χ2n) is 4.50. The summed E-state index contributed by atoms with van der Waals surface area (Å²) in [7, 11) is 1.55. The quantitative estimate of drug-likeness (QED) is 0.816. The molecular weight excluding hydrogens is 273 g/mol. The van der Waals surface area contributed by atoms with Crippen molar-refractivity contribution in [2.75, 3.05) is 18.5 Å². The van der Waals surface area contributed by atoms with Crippen LogP contribution in [0.25, 0.3) is 0 Å². The number of unbranched alkanes of at least 4 members (excludes halogenated alkanes) is 2. The Hall–Kier alpha value is -1.79. The standard InChI is InChI=1S/C13H17F3N2O2/c1-3-4-5-8-18(2)11-9(12(19)20)6-7-10(17-11)13(14,15)16/h6-7H,3-5,8H2,1-2H3,(H,19,20). The molecule has 0 fully saturated rings. The first-order valence-corrected chi connectivity index (χ1v) is 6.30. The summed E-state index contributed by atoms with van der Waals surface area (Å²) in [5, 5.41) is 9.03. The lowest BCUT2D eigenvalue weighted by atomic mass is 10.2. The molecule has 0 aliphatic heterocycles. The molecule has 1 rings (SSSR count). The van der Waals surface area contributed by atoms with Gasteiger partial charge in [0.05, 0.1) is 0 Å². The van der Waals surface area contributed by atoms with E-state index in [-0.39, 0.29) is 11.4 Å². The number of anilines is 1. The van der Waals surface area contributed by atoms with Gasteiger partial charge in [0.1, 0.15) is 17.1 Å². The molecule has 0 bridgehead atoms. The van der Waals surface area contributed by atoms with Crippen molar-refractivity contribution in [3.8, 4) is 0 Å². The molecule has 0 aromatic carbocycles. The van der Waals surface area contributed by atoms with Crippen LogP contribution >= 0.6 is 0 Å². The molecule has 0 radical (unpaired) electrons. The number of aromatic nitrogens is 1. The van der Waals surface area contributed by atoms with Crippen molar-refractivity contribution in [3.63, 3.8) is 0 Å². The highest BCUT2D eigenvalue weighted by Gasteiger charge is 2.34. The van der Waals surface area contributed by atoms with Gasteiger partial charge in [0, 0.05) is 13.6 Å². The monoisotopic (exact) mass is 290 g/mol. The van der Waals surface area contributed by atoms with Crippen molar-refractivity contribution in [3.05, 3.63) is 23.4 Å². The molecule has 7 heteroatoms. The molecule has 1 aromatic heterocycles. The zero-order valence-electron chi connectivity index (χ0n) is 11.4. The molecule has 0 atom stereocenters. The molecule has 0 spiro atoms. The smallest absolute Gasteiger partial charge is 0.433 e. The van der Waals surface area contributed by atoms with E-state index >= 15 is 0 Å². The number of rotatable bonds is 6. The van der Waals surface area contributed by atoms with Crippen molar-refractivity contribution in [2.45, 2.75) is 32.4 Å². The summed E-state index contributed by atoms with van der Waals surface area (Å²) in [4.78, 5) is 16.0. The Morgan fingerprint density at radius 2 is 2.00 bits per heavy atom. The molecule has 1 heterocycles. The Morgan fingerprint density at radius 1 is 1.35 bits per heavy atom. The molecule has 4 nitrogen and oxygen atoms in total. The summed E-state index contributed by atoms with van der Waals surface area (Å²) in [6.07, 6.45) is -1.93. The van der Waals surface area contributed by atoms with Gasteiger partial charge in [-0.25, -0.2) is 9.78 Å². The number of alkyl halides is 3. The molecule has 0 aliphatic rings. The molecule has 1 N–H and O–H groups in total. The SMILES string of the molecule is CCCCCN(C)c1nc(C(F)(F)F)ccc1C(=O)O. The zero-order valence-corrected chi connectivity index (χ0v) is 11.4. The summed E-state index contributed by atoms with van der Waals surface area (Å²) < 4.78 is 37.9. The van der Waals surface area contributed by atoms with E-state index in [2.05, 4.69) is 4.98 Å². The summed E-state index contributed by atoms with van der Waals surface area (Å²) >= 11 is 0. The number of halogens is 3. The van der Waals surface area contributed by atoms with Gasteiger partial charge in [-0.3, -0.25) is 0 Å². The number of carboxylic acid groups (broad SMARTS) is 1. The fourth-order valence-corrected chi connectivity index (χ4v) is 1.77. The third kappa shape index (κ3) is 4.11. The van der Waals surface area contributed by atoms with E-state index in [4.69, 9.17) is 5.11 Å². The second-order valence-corrected chi connectivity index (χ2v) is 4.50. The summed E-state index contributed by atoms with van der Waals surface area (Å²) in [5.74, 6) is -1.44. The van der Waals surface area contributed by atoms with Crippen molar-refractivity contribution in [1.29, 1.82) is 0 Å². The van der Waals surface area contributed by atoms with Crippen LogP contribution in [0.5, 0.6) is 0 Å². The maximum Gasteiger partial charge on any atom is 0.433 e. The molecule has 0 amide bonds. The van der Waals surface area contributed by atoms with Crippen LogP contribution in [0.4, 0.5) is 19.0 Å². The van der Waals surface area contributed by atoms with Gasteiger partial charge in [0.25, 0.3) is 0 Å². The van der Waals surface area contributed by atoms with Gasteiger partial charge in [-0.05, 0) is 18.6 Å².